The maximum atomic E-state index is 5.27. The van der Waals surface area contributed by atoms with Gasteiger partial charge < -0.3 is 0 Å². The molecule has 0 atom stereocenters. The van der Waals surface area contributed by atoms with Crippen LogP contribution in [0.1, 0.15) is 128 Å². The summed E-state index contributed by atoms with van der Waals surface area (Å²) in [7, 11) is 0. The van der Waals surface area contributed by atoms with Crippen molar-refractivity contribution in [3.63, 3.8) is 0 Å². The zero-order chi connectivity index (χ0) is 24.7. The summed E-state index contributed by atoms with van der Waals surface area (Å²) in [6.07, 6.45) is 3.73. The summed E-state index contributed by atoms with van der Waals surface area (Å²) < 4.78 is 4.22. The van der Waals surface area contributed by atoms with Gasteiger partial charge >= 0.3 is 0 Å². The van der Waals surface area contributed by atoms with Crippen LogP contribution >= 0.6 is 0 Å². The quantitative estimate of drug-likeness (QED) is 0.281. The lowest BCUT2D eigenvalue weighted by atomic mass is 9.89. The Hall–Kier alpha value is -2.42. The van der Waals surface area contributed by atoms with Crippen LogP contribution in [0.5, 0.6) is 0 Å². The molecule has 2 aromatic carbocycles. The van der Waals surface area contributed by atoms with Gasteiger partial charge in [-0.05, 0) is 23.7 Å². The summed E-state index contributed by atoms with van der Waals surface area (Å²) in [5.41, 5.74) is 8.68. The van der Waals surface area contributed by atoms with E-state index in [2.05, 4.69) is 123 Å². The standard InChI is InChI=1S/C30H43N3/c1-19(2)23-14-12-15-24(20(3)4)28(23)32-18-27(30(9,10)11)33(31-32)29-25(21(5)6)16-13-17-26(29)22(7)8/h12-17,19-22H,1-11H3. The molecule has 0 fully saturated rings. The molecule has 0 aliphatic carbocycles. The van der Waals surface area contributed by atoms with Crippen molar-refractivity contribution in [1.29, 1.82) is 0 Å². The van der Waals surface area contributed by atoms with E-state index < -0.39 is 0 Å². The van der Waals surface area contributed by atoms with Crippen molar-refractivity contribution in [1.82, 2.24) is 9.90 Å². The van der Waals surface area contributed by atoms with Crippen molar-refractivity contribution in [2.24, 2.45) is 0 Å². The minimum atomic E-state index is -0.110. The average molecular weight is 446 g/mol. The predicted molar refractivity (Wildman–Crippen MR) is 139 cm³/mol. The Balaban J connectivity index is 2.44. The topological polar surface area (TPSA) is 21.7 Å². The third kappa shape index (κ3) is 4.93. The van der Waals surface area contributed by atoms with Gasteiger partial charge in [0.2, 0.25) is 0 Å². The lowest BCUT2D eigenvalue weighted by Crippen LogP contribution is -2.37. The number of nitrogens with zero attached hydrogens (tertiary/aromatic N) is 3. The summed E-state index contributed by atoms with van der Waals surface area (Å²) >= 11 is 0. The molecule has 0 unspecified atom stereocenters. The molecule has 1 heterocycles. The molecular weight excluding hydrogens is 402 g/mol. The number of hydrogen-bond donors (Lipinski definition) is 0. The van der Waals surface area contributed by atoms with Crippen LogP contribution in [0.25, 0.3) is 11.4 Å². The van der Waals surface area contributed by atoms with Crippen LogP contribution in [-0.2, 0) is 5.41 Å². The third-order valence-corrected chi connectivity index (χ3v) is 6.42. The monoisotopic (exact) mass is 445 g/mol. The molecule has 0 spiro atoms. The van der Waals surface area contributed by atoms with Gasteiger partial charge in [-0.3, -0.25) is 4.68 Å². The Morgan fingerprint density at radius 3 is 1.45 bits per heavy atom. The first kappa shape index (κ1) is 25.2. The van der Waals surface area contributed by atoms with Crippen molar-refractivity contribution >= 4 is 0 Å². The molecule has 3 heteroatoms. The van der Waals surface area contributed by atoms with Gasteiger partial charge in [-0.25, -0.2) is 0 Å². The SMILES string of the molecule is CC(C)c1cccc(C(C)C)c1-n1n[n+](-c2c(C(C)C)cccc2C(C)C)[c-]c1C(C)(C)C. The Kier molecular flexibility index (Phi) is 7.21. The van der Waals surface area contributed by atoms with E-state index in [4.69, 9.17) is 5.21 Å². The van der Waals surface area contributed by atoms with Crippen molar-refractivity contribution in [3.05, 3.63) is 70.5 Å². The molecular formula is C30H43N3. The molecule has 0 aliphatic rings. The van der Waals surface area contributed by atoms with E-state index in [1.54, 1.807) is 0 Å². The number of benzene rings is 2. The van der Waals surface area contributed by atoms with Gasteiger partial charge in [-0.15, -0.1) is 4.68 Å². The summed E-state index contributed by atoms with van der Waals surface area (Å²) in [5, 5.41) is 5.27. The molecule has 3 rings (SSSR count). The molecule has 3 aromatic rings. The molecule has 0 radical (unpaired) electrons. The van der Waals surface area contributed by atoms with Crippen LogP contribution in [0.4, 0.5) is 0 Å². The first-order valence-corrected chi connectivity index (χ1v) is 12.6. The Labute approximate surface area is 201 Å². The second-order valence-corrected chi connectivity index (χ2v) is 11.6. The van der Waals surface area contributed by atoms with Gasteiger partial charge in [0.25, 0.3) is 0 Å². The van der Waals surface area contributed by atoms with Crippen molar-refractivity contribution in [2.75, 3.05) is 0 Å². The van der Waals surface area contributed by atoms with E-state index in [1.807, 2.05) is 4.68 Å². The van der Waals surface area contributed by atoms with E-state index in [-0.39, 0.29) is 5.41 Å². The maximum Gasteiger partial charge on any atom is 0.160 e. The van der Waals surface area contributed by atoms with Crippen LogP contribution in [0.3, 0.4) is 0 Å². The predicted octanol–water partition coefficient (Wildman–Crippen LogP) is 7.74. The van der Waals surface area contributed by atoms with Gasteiger partial charge in [0.15, 0.2) is 5.69 Å². The first-order valence-electron chi connectivity index (χ1n) is 12.6. The lowest BCUT2D eigenvalue weighted by molar-refractivity contribution is -0.666. The van der Waals surface area contributed by atoms with Gasteiger partial charge in [-0.1, -0.05) is 124 Å². The molecule has 0 saturated carbocycles. The van der Waals surface area contributed by atoms with Gasteiger partial charge in [0, 0.05) is 28.4 Å². The second kappa shape index (κ2) is 9.44. The number of para-hydroxylation sites is 2. The van der Waals surface area contributed by atoms with Crippen molar-refractivity contribution < 1.29 is 4.68 Å². The smallest absolute Gasteiger partial charge is 0.160 e. The highest BCUT2D eigenvalue weighted by atomic mass is 15.5. The van der Waals surface area contributed by atoms with E-state index in [0.717, 1.165) is 5.69 Å². The fourth-order valence-electron chi connectivity index (χ4n) is 4.56. The van der Waals surface area contributed by atoms with E-state index in [0.29, 0.717) is 23.7 Å². The molecule has 0 amide bonds. The van der Waals surface area contributed by atoms with Crippen LogP contribution in [0, 0.1) is 6.20 Å². The van der Waals surface area contributed by atoms with Crippen LogP contribution < -0.4 is 4.68 Å². The summed E-state index contributed by atoms with van der Waals surface area (Å²) in [4.78, 5) is 0. The summed E-state index contributed by atoms with van der Waals surface area (Å²) in [5.74, 6) is 1.60. The second-order valence-electron chi connectivity index (χ2n) is 11.6. The number of aromatic nitrogens is 3. The van der Waals surface area contributed by atoms with Crippen LogP contribution in [-0.4, -0.2) is 9.90 Å². The summed E-state index contributed by atoms with van der Waals surface area (Å²) in [6, 6.07) is 13.4. The highest BCUT2D eigenvalue weighted by Gasteiger charge is 2.29. The van der Waals surface area contributed by atoms with Crippen LogP contribution in [0.15, 0.2) is 36.4 Å². The Morgan fingerprint density at radius 2 is 1.09 bits per heavy atom. The highest BCUT2D eigenvalue weighted by molar-refractivity contribution is 5.52. The minimum Gasteiger partial charge on any atom is -0.263 e. The number of hydrogen-bond acceptors (Lipinski definition) is 1. The van der Waals surface area contributed by atoms with E-state index in [9.17, 15) is 0 Å². The van der Waals surface area contributed by atoms with Crippen molar-refractivity contribution in [3.8, 4) is 11.4 Å². The maximum absolute atomic E-state index is 5.27. The molecule has 0 aliphatic heterocycles. The van der Waals surface area contributed by atoms with Gasteiger partial charge in [0.05, 0.1) is 10.9 Å². The van der Waals surface area contributed by atoms with Gasteiger partial charge in [-0.2, -0.15) is 0 Å². The molecule has 1 aromatic heterocycles. The fourth-order valence-corrected chi connectivity index (χ4v) is 4.56. The zero-order valence-electron chi connectivity index (χ0n) is 22.6. The molecule has 0 saturated heterocycles. The van der Waals surface area contributed by atoms with E-state index >= 15 is 0 Å². The minimum absolute atomic E-state index is 0.110. The average Bonchev–Trinajstić information content (AvgIpc) is 3.17. The number of rotatable bonds is 6. The molecule has 0 bridgehead atoms. The first-order chi connectivity index (χ1) is 15.3. The molecule has 0 N–H and O–H groups in total. The largest absolute Gasteiger partial charge is 0.263 e. The van der Waals surface area contributed by atoms with E-state index in [1.165, 1.54) is 33.6 Å². The lowest BCUT2D eigenvalue weighted by Gasteiger charge is -2.22. The fraction of sp³-hybridized carbons (Fsp3) is 0.533. The summed E-state index contributed by atoms with van der Waals surface area (Å²) in [6.45, 7) is 24.9. The third-order valence-electron chi connectivity index (χ3n) is 6.42. The van der Waals surface area contributed by atoms with Crippen molar-refractivity contribution in [2.45, 2.75) is 105 Å². The zero-order valence-corrected chi connectivity index (χ0v) is 22.6. The molecule has 33 heavy (non-hydrogen) atoms. The highest BCUT2D eigenvalue weighted by Crippen LogP contribution is 2.34. The Bertz CT molecular complexity index is 1060. The molecule has 3 nitrogen and oxygen atoms in total. The normalized spacial score (nSPS) is 12.6. The van der Waals surface area contributed by atoms with Crippen LogP contribution in [0.2, 0.25) is 0 Å². The Morgan fingerprint density at radius 1 is 0.697 bits per heavy atom. The van der Waals surface area contributed by atoms with Gasteiger partial charge in [0.1, 0.15) is 0 Å². The molecule has 178 valence electrons.